The Bertz CT molecular complexity index is 566. The number of nitrogens with one attached hydrogen (secondary N) is 1. The fraction of sp³-hybridized carbons (Fsp3) is 0.417. The van der Waals surface area contributed by atoms with Gasteiger partial charge in [0.1, 0.15) is 0 Å². The minimum atomic E-state index is -0.842. The lowest BCUT2D eigenvalue weighted by Crippen LogP contribution is -2.47. The van der Waals surface area contributed by atoms with Gasteiger partial charge in [-0.2, -0.15) is 0 Å². The van der Waals surface area contributed by atoms with Gasteiger partial charge in [0, 0.05) is 18.2 Å². The minimum absolute atomic E-state index is 0.101. The summed E-state index contributed by atoms with van der Waals surface area (Å²) in [5.74, 6) is -0.321. The molecule has 0 aromatic heterocycles. The molecule has 3 N–H and O–H groups in total. The first-order valence-electron chi connectivity index (χ1n) is 5.93. The Morgan fingerprint density at radius 2 is 2.35 bits per heavy atom. The zero-order chi connectivity index (χ0) is 14.9. The molecule has 0 radical (unpaired) electrons. The van der Waals surface area contributed by atoms with Crippen LogP contribution in [0.3, 0.4) is 0 Å². The third-order valence-electron chi connectivity index (χ3n) is 3.45. The number of nitrogens with two attached hydrogens (primary N) is 1. The molecule has 108 valence electrons. The molecule has 1 heterocycles. The van der Waals surface area contributed by atoms with Crippen molar-refractivity contribution in [2.24, 2.45) is 11.1 Å². The van der Waals surface area contributed by atoms with E-state index in [1.54, 1.807) is 6.92 Å². The molecular weight excluding hydrogens is 286 g/mol. The van der Waals surface area contributed by atoms with Gasteiger partial charge in [-0.05, 0) is 13.0 Å². The average molecular weight is 300 g/mol. The van der Waals surface area contributed by atoms with Gasteiger partial charge in [0.15, 0.2) is 0 Å². The fourth-order valence-corrected chi connectivity index (χ4v) is 2.13. The van der Waals surface area contributed by atoms with Crippen LogP contribution < -0.4 is 11.1 Å². The zero-order valence-electron chi connectivity index (χ0n) is 10.8. The predicted molar refractivity (Wildman–Crippen MR) is 73.6 cm³/mol. The van der Waals surface area contributed by atoms with Gasteiger partial charge < -0.3 is 15.8 Å². The van der Waals surface area contributed by atoms with Crippen LogP contribution >= 0.6 is 11.6 Å². The van der Waals surface area contributed by atoms with Crippen LogP contribution in [0.25, 0.3) is 0 Å². The Kier molecular flexibility index (Phi) is 3.94. The van der Waals surface area contributed by atoms with Crippen LogP contribution in [0, 0.1) is 15.5 Å². The molecule has 1 saturated heterocycles. The van der Waals surface area contributed by atoms with Crippen molar-refractivity contribution in [1.82, 2.24) is 0 Å². The maximum absolute atomic E-state index is 12.3. The van der Waals surface area contributed by atoms with E-state index in [2.05, 4.69) is 5.32 Å². The normalized spacial score (nSPS) is 25.4. The summed E-state index contributed by atoms with van der Waals surface area (Å²) in [6.07, 6.45) is 0. The molecule has 1 fully saturated rings. The number of nitrogens with zero attached hydrogens (tertiary/aromatic N) is 1. The summed E-state index contributed by atoms with van der Waals surface area (Å²) in [7, 11) is 0. The van der Waals surface area contributed by atoms with E-state index in [9.17, 15) is 14.9 Å². The molecular formula is C12H14ClN3O4. The SMILES string of the molecule is CC1(C(=O)Nc2ccc([N+](=O)[O-])cc2Cl)COCC1N. The molecule has 0 bridgehead atoms. The van der Waals surface area contributed by atoms with Crippen molar-refractivity contribution in [1.29, 1.82) is 0 Å². The van der Waals surface area contributed by atoms with Crippen LogP contribution in [-0.4, -0.2) is 30.1 Å². The molecule has 2 unspecified atom stereocenters. The van der Waals surface area contributed by atoms with Gasteiger partial charge in [0.2, 0.25) is 5.91 Å². The van der Waals surface area contributed by atoms with Crippen molar-refractivity contribution < 1.29 is 14.5 Å². The van der Waals surface area contributed by atoms with Crippen molar-refractivity contribution in [3.05, 3.63) is 33.3 Å². The summed E-state index contributed by atoms with van der Waals surface area (Å²) >= 11 is 5.92. The van der Waals surface area contributed by atoms with E-state index < -0.39 is 16.4 Å². The average Bonchev–Trinajstić information content (AvgIpc) is 2.73. The lowest BCUT2D eigenvalue weighted by atomic mass is 9.85. The monoisotopic (exact) mass is 299 g/mol. The summed E-state index contributed by atoms with van der Waals surface area (Å²) in [4.78, 5) is 22.3. The van der Waals surface area contributed by atoms with Crippen molar-refractivity contribution in [3.63, 3.8) is 0 Å². The van der Waals surface area contributed by atoms with E-state index in [0.717, 1.165) is 0 Å². The Morgan fingerprint density at radius 1 is 1.65 bits per heavy atom. The second kappa shape index (κ2) is 5.35. The van der Waals surface area contributed by atoms with Crippen LogP contribution in [0.5, 0.6) is 0 Å². The van der Waals surface area contributed by atoms with Gasteiger partial charge >= 0.3 is 0 Å². The highest BCUT2D eigenvalue weighted by atomic mass is 35.5. The Balaban J connectivity index is 2.18. The van der Waals surface area contributed by atoms with Crippen LogP contribution in [0.4, 0.5) is 11.4 Å². The number of ether oxygens (including phenoxy) is 1. The highest BCUT2D eigenvalue weighted by Gasteiger charge is 2.44. The summed E-state index contributed by atoms with van der Waals surface area (Å²) < 4.78 is 5.20. The zero-order valence-corrected chi connectivity index (χ0v) is 11.5. The number of hydrogen-bond acceptors (Lipinski definition) is 5. The number of rotatable bonds is 3. The van der Waals surface area contributed by atoms with Gasteiger partial charge in [-0.1, -0.05) is 11.6 Å². The maximum Gasteiger partial charge on any atom is 0.271 e. The second-order valence-corrected chi connectivity index (χ2v) is 5.32. The molecule has 7 nitrogen and oxygen atoms in total. The van der Waals surface area contributed by atoms with Crippen molar-refractivity contribution in [2.75, 3.05) is 18.5 Å². The first-order valence-corrected chi connectivity index (χ1v) is 6.31. The topological polar surface area (TPSA) is 107 Å². The maximum atomic E-state index is 12.3. The molecule has 1 amide bonds. The smallest absolute Gasteiger partial charge is 0.271 e. The molecule has 1 aromatic carbocycles. The molecule has 2 rings (SSSR count). The standard InChI is InChI=1S/C12H14ClN3O4/c1-12(6-20-5-10(12)14)11(17)15-9-3-2-7(16(18)19)4-8(9)13/h2-4,10H,5-6,14H2,1H3,(H,15,17). The molecule has 0 saturated carbocycles. The lowest BCUT2D eigenvalue weighted by molar-refractivity contribution is -0.384. The largest absolute Gasteiger partial charge is 0.379 e. The fourth-order valence-electron chi connectivity index (χ4n) is 1.91. The Hall–Kier alpha value is -1.70. The van der Waals surface area contributed by atoms with E-state index in [4.69, 9.17) is 22.1 Å². The van der Waals surface area contributed by atoms with Crippen molar-refractivity contribution >= 4 is 28.9 Å². The number of halogens is 1. The van der Waals surface area contributed by atoms with Crippen LogP contribution in [0.15, 0.2) is 18.2 Å². The minimum Gasteiger partial charge on any atom is -0.379 e. The van der Waals surface area contributed by atoms with E-state index in [1.165, 1.54) is 18.2 Å². The van der Waals surface area contributed by atoms with Gasteiger partial charge in [-0.15, -0.1) is 0 Å². The number of nitro benzene ring substituents is 1. The van der Waals surface area contributed by atoms with Gasteiger partial charge in [0.25, 0.3) is 5.69 Å². The molecule has 1 aromatic rings. The Labute approximate surface area is 120 Å². The summed E-state index contributed by atoms with van der Waals surface area (Å²) in [6.45, 7) is 2.25. The van der Waals surface area contributed by atoms with Crippen molar-refractivity contribution in [3.8, 4) is 0 Å². The van der Waals surface area contributed by atoms with E-state index >= 15 is 0 Å². The summed E-state index contributed by atoms with van der Waals surface area (Å²) in [6, 6.07) is 3.45. The van der Waals surface area contributed by atoms with E-state index in [0.29, 0.717) is 12.3 Å². The quantitative estimate of drug-likeness (QED) is 0.650. The first-order chi connectivity index (χ1) is 9.34. The lowest BCUT2D eigenvalue weighted by Gasteiger charge is -2.25. The molecule has 2 atom stereocenters. The molecule has 1 aliphatic rings. The van der Waals surface area contributed by atoms with Crippen molar-refractivity contribution in [2.45, 2.75) is 13.0 Å². The number of anilines is 1. The molecule has 0 aliphatic carbocycles. The molecule has 20 heavy (non-hydrogen) atoms. The number of benzene rings is 1. The third kappa shape index (κ3) is 2.60. The number of carbonyl (C=O) groups excluding carboxylic acids is 1. The van der Waals surface area contributed by atoms with Crippen LogP contribution in [0.1, 0.15) is 6.92 Å². The summed E-state index contributed by atoms with van der Waals surface area (Å²) in [5.41, 5.74) is 5.19. The van der Waals surface area contributed by atoms with E-state index in [1.807, 2.05) is 0 Å². The predicted octanol–water partition coefficient (Wildman–Crippen LogP) is 1.55. The highest BCUT2D eigenvalue weighted by Crippen LogP contribution is 2.31. The van der Waals surface area contributed by atoms with Gasteiger partial charge in [0.05, 0.1) is 34.3 Å². The van der Waals surface area contributed by atoms with Gasteiger partial charge in [-0.3, -0.25) is 14.9 Å². The third-order valence-corrected chi connectivity index (χ3v) is 3.76. The number of carbonyl (C=O) groups is 1. The molecule has 1 aliphatic heterocycles. The summed E-state index contributed by atoms with van der Waals surface area (Å²) in [5, 5.41) is 13.4. The van der Waals surface area contributed by atoms with Gasteiger partial charge in [-0.25, -0.2) is 0 Å². The van der Waals surface area contributed by atoms with E-state index in [-0.39, 0.29) is 23.2 Å². The second-order valence-electron chi connectivity index (χ2n) is 4.91. The molecule has 0 spiro atoms. The number of nitro groups is 1. The number of hydrogen-bond donors (Lipinski definition) is 2. The van der Waals surface area contributed by atoms with Crippen LogP contribution in [-0.2, 0) is 9.53 Å². The number of amides is 1. The number of non-ortho nitro benzene ring substituents is 1. The molecule has 8 heteroatoms. The highest BCUT2D eigenvalue weighted by molar-refractivity contribution is 6.34. The van der Waals surface area contributed by atoms with Crippen LogP contribution in [0.2, 0.25) is 5.02 Å². The first kappa shape index (κ1) is 14.7. The Morgan fingerprint density at radius 3 is 2.85 bits per heavy atom.